The minimum Gasteiger partial charge on any atom is -0.330 e. The first-order chi connectivity index (χ1) is 6.29. The summed E-state index contributed by atoms with van der Waals surface area (Å²) in [6, 6.07) is 0. The lowest BCUT2D eigenvalue weighted by Crippen LogP contribution is -2.28. The number of nitrogens with two attached hydrogens (primary N) is 1. The fraction of sp³-hybridized carbons (Fsp3) is 0.909. The summed E-state index contributed by atoms with van der Waals surface area (Å²) in [5, 5.41) is 0. The number of carbonyl (C=O) groups is 1. The van der Waals surface area contributed by atoms with Crippen LogP contribution in [-0.4, -0.2) is 12.3 Å². The Morgan fingerprint density at radius 3 is 2.54 bits per heavy atom. The Labute approximate surface area is 80.9 Å². The molecule has 1 saturated carbocycles. The molecule has 0 aromatic carbocycles. The van der Waals surface area contributed by atoms with Crippen LogP contribution < -0.4 is 5.73 Å². The van der Waals surface area contributed by atoms with Crippen molar-refractivity contribution in [2.24, 2.45) is 17.6 Å². The molecule has 0 aliphatic heterocycles. The normalized spacial score (nSPS) is 20.5. The van der Waals surface area contributed by atoms with Crippen LogP contribution in [0.3, 0.4) is 0 Å². The van der Waals surface area contributed by atoms with Crippen LogP contribution in [0.25, 0.3) is 0 Å². The molecule has 1 unspecified atom stereocenters. The third kappa shape index (κ3) is 2.80. The number of carbonyl (C=O) groups excluding carboxylic acids is 1. The number of ketones is 1. The van der Waals surface area contributed by atoms with Gasteiger partial charge < -0.3 is 5.73 Å². The molecule has 76 valence electrons. The maximum absolute atomic E-state index is 11.9. The van der Waals surface area contributed by atoms with E-state index in [1.165, 1.54) is 12.8 Å². The Morgan fingerprint density at radius 1 is 1.46 bits per heavy atom. The molecule has 0 aromatic rings. The van der Waals surface area contributed by atoms with Crippen LogP contribution in [0.2, 0.25) is 0 Å². The van der Waals surface area contributed by atoms with Gasteiger partial charge in [0.15, 0.2) is 0 Å². The van der Waals surface area contributed by atoms with E-state index in [1.54, 1.807) is 0 Å². The average molecular weight is 183 g/mol. The van der Waals surface area contributed by atoms with Crippen LogP contribution in [0.1, 0.15) is 45.4 Å². The van der Waals surface area contributed by atoms with E-state index in [0.29, 0.717) is 18.2 Å². The van der Waals surface area contributed by atoms with E-state index in [9.17, 15) is 4.79 Å². The van der Waals surface area contributed by atoms with Gasteiger partial charge in [0, 0.05) is 18.4 Å². The molecule has 0 heterocycles. The summed E-state index contributed by atoms with van der Waals surface area (Å²) in [7, 11) is 0. The summed E-state index contributed by atoms with van der Waals surface area (Å²) >= 11 is 0. The summed E-state index contributed by atoms with van der Waals surface area (Å²) in [5.74, 6) is 0.940. The van der Waals surface area contributed by atoms with Gasteiger partial charge in [0.2, 0.25) is 0 Å². The van der Waals surface area contributed by atoms with Gasteiger partial charge in [-0.15, -0.1) is 0 Å². The van der Waals surface area contributed by atoms with Gasteiger partial charge >= 0.3 is 0 Å². The molecule has 1 aliphatic carbocycles. The zero-order chi connectivity index (χ0) is 9.68. The van der Waals surface area contributed by atoms with E-state index < -0.39 is 0 Å². The van der Waals surface area contributed by atoms with Gasteiger partial charge in [-0.2, -0.15) is 0 Å². The van der Waals surface area contributed by atoms with Crippen LogP contribution in [0.4, 0.5) is 0 Å². The lowest BCUT2D eigenvalue weighted by Gasteiger charge is -2.16. The maximum Gasteiger partial charge on any atom is 0.140 e. The van der Waals surface area contributed by atoms with Crippen LogP contribution >= 0.6 is 0 Å². The summed E-state index contributed by atoms with van der Waals surface area (Å²) in [6.07, 6.45) is 6.74. The monoisotopic (exact) mass is 183 g/mol. The molecule has 2 heteroatoms. The van der Waals surface area contributed by atoms with Gasteiger partial charge in [-0.05, 0) is 19.3 Å². The summed E-state index contributed by atoms with van der Waals surface area (Å²) in [4.78, 5) is 11.9. The number of hydrogen-bond donors (Lipinski definition) is 1. The molecule has 1 rings (SSSR count). The number of Topliss-reactive ketones (excluding diaryl/α,β-unsaturated/α-hetero) is 1. The number of hydrogen-bond acceptors (Lipinski definition) is 2. The summed E-state index contributed by atoms with van der Waals surface area (Å²) in [6.45, 7) is 2.66. The molecule has 2 N–H and O–H groups in total. The van der Waals surface area contributed by atoms with Crippen molar-refractivity contribution in [3.8, 4) is 0 Å². The van der Waals surface area contributed by atoms with E-state index in [0.717, 1.165) is 25.7 Å². The zero-order valence-electron chi connectivity index (χ0n) is 8.59. The van der Waals surface area contributed by atoms with Gasteiger partial charge in [0.25, 0.3) is 0 Å². The van der Waals surface area contributed by atoms with Gasteiger partial charge in [0.05, 0.1) is 0 Å². The highest BCUT2D eigenvalue weighted by Crippen LogP contribution is 2.28. The highest BCUT2D eigenvalue weighted by molar-refractivity contribution is 5.83. The molecule has 0 bridgehead atoms. The molecular weight excluding hydrogens is 162 g/mol. The predicted octanol–water partition coefficient (Wildman–Crippen LogP) is 2.12. The molecule has 0 spiro atoms. The van der Waals surface area contributed by atoms with E-state index in [4.69, 9.17) is 5.73 Å². The van der Waals surface area contributed by atoms with Crippen LogP contribution in [-0.2, 0) is 4.79 Å². The molecule has 0 radical (unpaired) electrons. The Morgan fingerprint density at radius 2 is 2.08 bits per heavy atom. The van der Waals surface area contributed by atoms with Gasteiger partial charge in [0.1, 0.15) is 5.78 Å². The molecule has 1 atom stereocenters. The second-order valence-corrected chi connectivity index (χ2v) is 4.11. The SMILES string of the molecule is CCCC(CN)C(=O)C1CCCC1. The van der Waals surface area contributed by atoms with Crippen molar-refractivity contribution in [3.63, 3.8) is 0 Å². The van der Waals surface area contributed by atoms with Crippen molar-refractivity contribution in [1.82, 2.24) is 0 Å². The topological polar surface area (TPSA) is 43.1 Å². The molecule has 0 amide bonds. The third-order valence-electron chi connectivity index (χ3n) is 3.08. The van der Waals surface area contributed by atoms with Gasteiger partial charge in [-0.25, -0.2) is 0 Å². The molecule has 13 heavy (non-hydrogen) atoms. The molecule has 0 saturated heterocycles. The van der Waals surface area contributed by atoms with E-state index >= 15 is 0 Å². The first-order valence-corrected chi connectivity index (χ1v) is 5.53. The minimum atomic E-state index is 0.146. The standard InChI is InChI=1S/C11H21NO/c1-2-5-10(8-12)11(13)9-6-3-4-7-9/h9-10H,2-8,12H2,1H3. The number of rotatable bonds is 5. The van der Waals surface area contributed by atoms with E-state index in [2.05, 4.69) is 6.92 Å². The second kappa shape index (κ2) is 5.38. The fourth-order valence-electron chi connectivity index (χ4n) is 2.27. The largest absolute Gasteiger partial charge is 0.330 e. The molecule has 1 aliphatic rings. The van der Waals surface area contributed by atoms with Crippen molar-refractivity contribution >= 4 is 5.78 Å². The van der Waals surface area contributed by atoms with Crippen LogP contribution in [0.5, 0.6) is 0 Å². The van der Waals surface area contributed by atoms with Crippen LogP contribution in [0.15, 0.2) is 0 Å². The van der Waals surface area contributed by atoms with Crippen molar-refractivity contribution in [2.75, 3.05) is 6.54 Å². The quantitative estimate of drug-likeness (QED) is 0.709. The average Bonchev–Trinajstić information content (AvgIpc) is 2.65. The first kappa shape index (κ1) is 10.7. The Balaban J connectivity index is 2.42. The highest BCUT2D eigenvalue weighted by Gasteiger charge is 2.27. The molecule has 0 aromatic heterocycles. The highest BCUT2D eigenvalue weighted by atomic mass is 16.1. The van der Waals surface area contributed by atoms with Crippen molar-refractivity contribution in [3.05, 3.63) is 0 Å². The third-order valence-corrected chi connectivity index (χ3v) is 3.08. The van der Waals surface area contributed by atoms with Crippen LogP contribution in [0, 0.1) is 11.8 Å². The van der Waals surface area contributed by atoms with E-state index in [-0.39, 0.29) is 5.92 Å². The smallest absolute Gasteiger partial charge is 0.140 e. The first-order valence-electron chi connectivity index (χ1n) is 5.53. The van der Waals surface area contributed by atoms with Gasteiger partial charge in [-0.3, -0.25) is 4.79 Å². The zero-order valence-corrected chi connectivity index (χ0v) is 8.59. The fourth-order valence-corrected chi connectivity index (χ4v) is 2.27. The van der Waals surface area contributed by atoms with Crippen molar-refractivity contribution in [2.45, 2.75) is 45.4 Å². The predicted molar refractivity (Wildman–Crippen MR) is 54.4 cm³/mol. The molecule has 1 fully saturated rings. The Bertz CT molecular complexity index is 161. The molecule has 2 nitrogen and oxygen atoms in total. The maximum atomic E-state index is 11.9. The Kier molecular flexibility index (Phi) is 4.43. The van der Waals surface area contributed by atoms with Crippen molar-refractivity contribution < 1.29 is 4.79 Å². The molecular formula is C11H21NO. The lowest BCUT2D eigenvalue weighted by molar-refractivity contribution is -0.126. The summed E-state index contributed by atoms with van der Waals surface area (Å²) in [5.41, 5.74) is 5.61. The van der Waals surface area contributed by atoms with E-state index in [1.807, 2.05) is 0 Å². The van der Waals surface area contributed by atoms with Crippen molar-refractivity contribution in [1.29, 1.82) is 0 Å². The Hall–Kier alpha value is -0.370. The summed E-state index contributed by atoms with van der Waals surface area (Å²) < 4.78 is 0. The van der Waals surface area contributed by atoms with Gasteiger partial charge in [-0.1, -0.05) is 26.2 Å². The minimum absolute atomic E-state index is 0.146. The lowest BCUT2D eigenvalue weighted by atomic mass is 9.89. The second-order valence-electron chi connectivity index (χ2n) is 4.11.